The monoisotopic (exact) mass is 185 g/mol. The first-order valence-corrected chi connectivity index (χ1v) is 3.78. The molecule has 64 valence electrons. The minimum absolute atomic E-state index is 0.0934. The topological polar surface area (TPSA) is 49.3 Å². The van der Waals surface area contributed by atoms with E-state index in [-0.39, 0.29) is 6.42 Å². The summed E-state index contributed by atoms with van der Waals surface area (Å²) in [5.41, 5.74) is 2.24. The van der Waals surface area contributed by atoms with E-state index in [1.807, 2.05) is 0 Å². The number of amides is 1. The van der Waals surface area contributed by atoms with Crippen molar-refractivity contribution in [3.63, 3.8) is 0 Å². The van der Waals surface area contributed by atoms with E-state index >= 15 is 0 Å². The second kappa shape index (κ2) is 4.09. The Morgan fingerprint density at radius 3 is 2.75 bits per heavy atom. The van der Waals surface area contributed by atoms with Gasteiger partial charge < -0.3 is 0 Å². The molecule has 2 N–H and O–H groups in total. The van der Waals surface area contributed by atoms with Crippen molar-refractivity contribution in [3.05, 3.63) is 34.9 Å². The van der Waals surface area contributed by atoms with E-state index in [4.69, 9.17) is 16.8 Å². The molecule has 0 aromatic heterocycles. The van der Waals surface area contributed by atoms with Gasteiger partial charge >= 0.3 is 0 Å². The number of rotatable bonds is 2. The molecule has 0 saturated heterocycles. The summed E-state index contributed by atoms with van der Waals surface area (Å²) in [4.78, 5) is 10.7. The molecule has 0 atom stereocenters. The molecule has 12 heavy (non-hydrogen) atoms. The largest absolute Gasteiger partial charge is 0.289 e. The van der Waals surface area contributed by atoms with Crippen molar-refractivity contribution in [2.45, 2.75) is 6.42 Å². The quantitative estimate of drug-likeness (QED) is 0.541. The Morgan fingerprint density at radius 2 is 2.17 bits per heavy atom. The third kappa shape index (κ3) is 2.22. The average Bonchev–Trinajstić information content (AvgIpc) is 2.09. The van der Waals surface area contributed by atoms with Crippen LogP contribution in [-0.2, 0) is 11.2 Å². The summed E-state index contributed by atoms with van der Waals surface area (Å²) < 4.78 is 0. The zero-order chi connectivity index (χ0) is 8.97. The van der Waals surface area contributed by atoms with E-state index < -0.39 is 5.91 Å². The molecular formula is C8H8ClNO2. The lowest BCUT2D eigenvalue weighted by atomic mass is 10.1. The number of carbonyl (C=O) groups is 1. The molecule has 0 aliphatic heterocycles. The summed E-state index contributed by atoms with van der Waals surface area (Å²) in [6, 6.07) is 6.99. The number of hydrogen-bond acceptors (Lipinski definition) is 2. The summed E-state index contributed by atoms with van der Waals surface area (Å²) >= 11 is 5.76. The van der Waals surface area contributed by atoms with Crippen LogP contribution in [0.3, 0.4) is 0 Å². The van der Waals surface area contributed by atoms with Gasteiger partial charge in [0.15, 0.2) is 0 Å². The maximum Gasteiger partial charge on any atom is 0.247 e. The molecule has 0 saturated carbocycles. The van der Waals surface area contributed by atoms with Crippen LogP contribution < -0.4 is 5.48 Å². The van der Waals surface area contributed by atoms with Crippen molar-refractivity contribution in [2.75, 3.05) is 0 Å². The first-order chi connectivity index (χ1) is 5.74. The van der Waals surface area contributed by atoms with Crippen molar-refractivity contribution in [2.24, 2.45) is 0 Å². The number of carbonyl (C=O) groups excluding carboxylic acids is 1. The molecule has 1 aromatic carbocycles. The second-order valence-electron chi connectivity index (χ2n) is 2.30. The Labute approximate surface area is 74.9 Å². The maximum atomic E-state index is 10.7. The smallest absolute Gasteiger partial charge is 0.247 e. The van der Waals surface area contributed by atoms with E-state index in [0.717, 1.165) is 0 Å². The van der Waals surface area contributed by atoms with Gasteiger partial charge in [-0.25, -0.2) is 5.48 Å². The molecule has 0 aliphatic carbocycles. The Kier molecular flexibility index (Phi) is 3.08. The second-order valence-corrected chi connectivity index (χ2v) is 2.71. The molecule has 0 unspecified atom stereocenters. The van der Waals surface area contributed by atoms with Crippen LogP contribution in [0.15, 0.2) is 24.3 Å². The van der Waals surface area contributed by atoms with Crippen LogP contribution in [-0.4, -0.2) is 11.1 Å². The lowest BCUT2D eigenvalue weighted by Crippen LogP contribution is -2.20. The normalized spacial score (nSPS) is 9.50. The van der Waals surface area contributed by atoms with E-state index in [2.05, 4.69) is 0 Å². The first-order valence-electron chi connectivity index (χ1n) is 3.40. The van der Waals surface area contributed by atoms with Gasteiger partial charge in [-0.3, -0.25) is 10.0 Å². The molecule has 0 heterocycles. The SMILES string of the molecule is O=C(Cc1ccccc1Cl)NO. The van der Waals surface area contributed by atoms with Crippen LogP contribution in [0.1, 0.15) is 5.56 Å². The Bertz CT molecular complexity index is 288. The summed E-state index contributed by atoms with van der Waals surface area (Å²) in [7, 11) is 0. The number of halogens is 1. The number of hydroxylamine groups is 1. The molecule has 1 aromatic rings. The van der Waals surface area contributed by atoms with Crippen LogP contribution in [0.2, 0.25) is 5.02 Å². The van der Waals surface area contributed by atoms with Crippen molar-refractivity contribution in [1.82, 2.24) is 5.48 Å². The Hall–Kier alpha value is -1.06. The molecule has 0 radical (unpaired) electrons. The highest BCUT2D eigenvalue weighted by Crippen LogP contribution is 2.14. The van der Waals surface area contributed by atoms with E-state index in [1.165, 1.54) is 0 Å². The van der Waals surface area contributed by atoms with Crippen LogP contribution in [0.5, 0.6) is 0 Å². The fourth-order valence-corrected chi connectivity index (χ4v) is 1.06. The van der Waals surface area contributed by atoms with Crippen molar-refractivity contribution in [1.29, 1.82) is 0 Å². The van der Waals surface area contributed by atoms with Gasteiger partial charge in [0.25, 0.3) is 0 Å². The number of hydrogen-bond donors (Lipinski definition) is 2. The fraction of sp³-hybridized carbons (Fsp3) is 0.125. The fourth-order valence-electron chi connectivity index (χ4n) is 0.854. The van der Waals surface area contributed by atoms with E-state index in [0.29, 0.717) is 10.6 Å². The van der Waals surface area contributed by atoms with E-state index in [1.54, 1.807) is 29.7 Å². The molecule has 1 rings (SSSR count). The molecule has 1 amide bonds. The van der Waals surface area contributed by atoms with Gasteiger partial charge in [-0.2, -0.15) is 0 Å². The maximum absolute atomic E-state index is 10.7. The van der Waals surface area contributed by atoms with Crippen LogP contribution in [0.4, 0.5) is 0 Å². The summed E-state index contributed by atoms with van der Waals surface area (Å²) in [6.45, 7) is 0. The Balaban J connectivity index is 2.75. The van der Waals surface area contributed by atoms with Gasteiger partial charge in [0.1, 0.15) is 0 Å². The number of nitrogens with one attached hydrogen (secondary N) is 1. The molecular weight excluding hydrogens is 178 g/mol. The van der Waals surface area contributed by atoms with E-state index in [9.17, 15) is 4.79 Å². The molecule has 0 spiro atoms. The average molecular weight is 186 g/mol. The van der Waals surface area contributed by atoms with Crippen molar-refractivity contribution >= 4 is 17.5 Å². The van der Waals surface area contributed by atoms with Gasteiger partial charge in [0.2, 0.25) is 5.91 Å². The van der Waals surface area contributed by atoms with Crippen LogP contribution >= 0.6 is 11.6 Å². The summed E-state index contributed by atoms with van der Waals surface area (Å²) in [6.07, 6.45) is 0.0934. The zero-order valence-corrected chi connectivity index (χ0v) is 7.01. The minimum atomic E-state index is -0.469. The highest BCUT2D eigenvalue weighted by atomic mass is 35.5. The highest BCUT2D eigenvalue weighted by molar-refractivity contribution is 6.31. The first kappa shape index (κ1) is 9.03. The molecule has 0 fully saturated rings. The lowest BCUT2D eigenvalue weighted by molar-refractivity contribution is -0.128. The predicted molar refractivity (Wildman–Crippen MR) is 45.1 cm³/mol. The lowest BCUT2D eigenvalue weighted by Gasteiger charge is -2.00. The van der Waals surface area contributed by atoms with Crippen molar-refractivity contribution < 1.29 is 10.0 Å². The standard InChI is InChI=1S/C8H8ClNO2/c9-7-4-2-1-3-6(7)5-8(11)10-12/h1-4,12H,5H2,(H,10,11). The summed E-state index contributed by atoms with van der Waals surface area (Å²) in [5, 5.41) is 8.77. The van der Waals surface area contributed by atoms with Gasteiger partial charge in [-0.1, -0.05) is 29.8 Å². The molecule has 4 heteroatoms. The molecule has 3 nitrogen and oxygen atoms in total. The summed E-state index contributed by atoms with van der Waals surface area (Å²) in [5.74, 6) is -0.469. The van der Waals surface area contributed by atoms with Gasteiger partial charge in [0, 0.05) is 5.02 Å². The minimum Gasteiger partial charge on any atom is -0.289 e. The van der Waals surface area contributed by atoms with Gasteiger partial charge in [-0.05, 0) is 11.6 Å². The molecule has 0 aliphatic rings. The third-order valence-corrected chi connectivity index (χ3v) is 1.80. The highest BCUT2D eigenvalue weighted by Gasteiger charge is 2.04. The van der Waals surface area contributed by atoms with Gasteiger partial charge in [-0.15, -0.1) is 0 Å². The molecule has 0 bridgehead atoms. The number of benzene rings is 1. The van der Waals surface area contributed by atoms with Crippen LogP contribution in [0, 0.1) is 0 Å². The van der Waals surface area contributed by atoms with Crippen LogP contribution in [0.25, 0.3) is 0 Å². The predicted octanol–water partition coefficient (Wildman–Crippen LogP) is 1.39. The van der Waals surface area contributed by atoms with Gasteiger partial charge in [0.05, 0.1) is 6.42 Å². The van der Waals surface area contributed by atoms with Crippen molar-refractivity contribution in [3.8, 4) is 0 Å². The third-order valence-electron chi connectivity index (χ3n) is 1.43. The zero-order valence-electron chi connectivity index (χ0n) is 6.25. The Morgan fingerprint density at radius 1 is 1.50 bits per heavy atom.